The molecule has 2 aliphatic carbocycles. The third-order valence-corrected chi connectivity index (χ3v) is 16.4. The molecule has 14 nitrogen and oxygen atoms in total. The van der Waals surface area contributed by atoms with Gasteiger partial charge in [0.15, 0.2) is 0 Å². The fourth-order valence-corrected chi connectivity index (χ4v) is 12.0. The van der Waals surface area contributed by atoms with Crippen molar-refractivity contribution in [2.24, 2.45) is 0 Å². The van der Waals surface area contributed by atoms with Crippen LogP contribution in [-0.2, 0) is 33.1 Å². The van der Waals surface area contributed by atoms with Crippen LogP contribution in [0, 0.1) is 0 Å². The molecule has 0 unspecified atom stereocenters. The third-order valence-electron chi connectivity index (χ3n) is 14.4. The zero-order valence-corrected chi connectivity index (χ0v) is 39.3. The van der Waals surface area contributed by atoms with Gasteiger partial charge >= 0.3 is 12.4 Å². The fourth-order valence-electron chi connectivity index (χ4n) is 10.4. The molecule has 0 radical (unpaired) electrons. The lowest BCUT2D eigenvalue weighted by Crippen LogP contribution is -2.63. The molecule has 4 fully saturated rings. The largest absolute Gasteiger partial charge is 0.416 e. The number of aliphatic hydroxyl groups is 2. The standard InChI is InChI=1S/C48H50F6N10O4S2/c49-47(50,51)30-4-2-29-15-40(61-43(36(29)16-30)57-20-41(65)59-32-22-62(23-32)34-5-10-45(67,11-6-34)38-18-55-26-69-38)64-14-9-28-1-3-31(48(52,53)54)17-37(28)44(64)58-21-42(66)60-33-24-63(25-33)35-7-12-46(68,13-8-35)39-19-56-27-70-39/h1-4,9,14-19,26-27,32-35,67-68H,5-8,10-13,20-25H2,(H3,57,59,60,61,65,66)/p+1. The molecule has 6 aromatic rings. The SMILES string of the molecule is O=C(CNc1nc(-[n+]2ccc3ccc(C(F)(F)F)cc3c2NCC(=O)NC2CN(C3CCC(O)(c4cncs4)CC3)C2)cc2ccc(C(F)(F)F)cc12)NC1CN(C2CCC(O)(c3cncs3)CC2)C1. The van der Waals surface area contributed by atoms with Crippen molar-refractivity contribution in [3.05, 3.63) is 99.0 Å². The Morgan fingerprint density at radius 2 is 1.16 bits per heavy atom. The molecular formula is C48H51F6N10O4S2+. The molecule has 2 amide bonds. The minimum atomic E-state index is -4.70. The van der Waals surface area contributed by atoms with Crippen molar-refractivity contribution in [3.8, 4) is 5.82 Å². The second-order valence-electron chi connectivity index (χ2n) is 19.0. The number of halogens is 6. The average molecular weight is 1010 g/mol. The number of carbonyl (C=O) groups excluding carboxylic acids is 2. The first kappa shape index (κ1) is 48.1. The molecule has 0 atom stereocenters. The Morgan fingerprint density at radius 3 is 1.64 bits per heavy atom. The molecule has 370 valence electrons. The molecule has 2 aromatic carbocycles. The van der Waals surface area contributed by atoms with Gasteiger partial charge in [-0.05, 0) is 92.5 Å². The first-order chi connectivity index (χ1) is 33.4. The van der Waals surface area contributed by atoms with Crippen LogP contribution < -0.4 is 25.8 Å². The molecule has 70 heavy (non-hydrogen) atoms. The maximum atomic E-state index is 14.2. The van der Waals surface area contributed by atoms with Crippen LogP contribution in [0.2, 0.25) is 0 Å². The number of benzene rings is 2. The Bertz CT molecular complexity index is 2860. The van der Waals surface area contributed by atoms with E-state index >= 15 is 0 Å². The molecule has 2 saturated carbocycles. The lowest BCUT2D eigenvalue weighted by Gasteiger charge is -2.48. The predicted octanol–water partition coefficient (Wildman–Crippen LogP) is 6.70. The first-order valence-electron chi connectivity index (χ1n) is 23.3. The van der Waals surface area contributed by atoms with Gasteiger partial charge in [-0.25, -0.2) is 4.57 Å². The van der Waals surface area contributed by atoms with Gasteiger partial charge in [0.25, 0.3) is 11.7 Å². The van der Waals surface area contributed by atoms with Crippen molar-refractivity contribution in [1.82, 2.24) is 35.4 Å². The van der Waals surface area contributed by atoms with Crippen LogP contribution in [0.3, 0.4) is 0 Å². The van der Waals surface area contributed by atoms with Gasteiger partial charge in [0.05, 0.1) is 62.1 Å². The van der Waals surface area contributed by atoms with E-state index in [-0.39, 0.29) is 65.5 Å². The van der Waals surface area contributed by atoms with Gasteiger partial charge in [0.2, 0.25) is 17.5 Å². The van der Waals surface area contributed by atoms with Gasteiger partial charge < -0.3 is 26.2 Å². The maximum absolute atomic E-state index is 14.2. The number of thiazole rings is 2. The summed E-state index contributed by atoms with van der Waals surface area (Å²) in [6.45, 7) is 1.72. The zero-order valence-electron chi connectivity index (χ0n) is 37.7. The lowest BCUT2D eigenvalue weighted by atomic mass is 9.80. The Labute approximate surface area is 406 Å². The number of fused-ring (bicyclic) bond motifs is 2. The van der Waals surface area contributed by atoms with Crippen LogP contribution >= 0.6 is 22.7 Å². The van der Waals surface area contributed by atoms with Crippen LogP contribution in [-0.4, -0.2) is 110 Å². The average Bonchev–Trinajstić information content (AvgIpc) is 4.07. The van der Waals surface area contributed by atoms with Gasteiger partial charge in [-0.1, -0.05) is 17.1 Å². The molecule has 2 aliphatic heterocycles. The van der Waals surface area contributed by atoms with Crippen molar-refractivity contribution in [2.75, 3.05) is 49.9 Å². The van der Waals surface area contributed by atoms with Gasteiger partial charge in [-0.3, -0.25) is 34.7 Å². The second-order valence-corrected chi connectivity index (χ2v) is 20.8. The summed E-state index contributed by atoms with van der Waals surface area (Å²) in [4.78, 5) is 46.0. The second kappa shape index (κ2) is 18.9. The summed E-state index contributed by atoms with van der Waals surface area (Å²) in [6, 6.07) is 9.59. The number of hydrogen-bond donors (Lipinski definition) is 6. The smallest absolute Gasteiger partial charge is 0.384 e. The van der Waals surface area contributed by atoms with Gasteiger partial charge in [-0.2, -0.15) is 26.3 Å². The number of aromatic nitrogens is 4. The molecule has 22 heteroatoms. The maximum Gasteiger partial charge on any atom is 0.416 e. The first-order valence-corrected chi connectivity index (χ1v) is 25.0. The number of pyridine rings is 2. The molecule has 0 spiro atoms. The summed E-state index contributed by atoms with van der Waals surface area (Å²) in [5.74, 6) is -0.728. The third kappa shape index (κ3) is 10.0. The van der Waals surface area contributed by atoms with Crippen molar-refractivity contribution in [2.45, 2.75) is 99.1 Å². The van der Waals surface area contributed by atoms with E-state index in [1.807, 2.05) is 0 Å². The van der Waals surface area contributed by atoms with Crippen molar-refractivity contribution < 1.29 is 50.7 Å². The minimum Gasteiger partial charge on any atom is -0.384 e. The van der Waals surface area contributed by atoms with E-state index in [4.69, 9.17) is 0 Å². The van der Waals surface area contributed by atoms with Crippen LogP contribution in [0.5, 0.6) is 0 Å². The number of nitrogens with zero attached hydrogens (tertiary/aromatic N) is 6. The number of hydrogen-bond acceptors (Lipinski definition) is 13. The Morgan fingerprint density at radius 1 is 0.671 bits per heavy atom. The number of rotatable bonds is 13. The van der Waals surface area contributed by atoms with E-state index in [9.17, 15) is 46.1 Å². The molecule has 0 bridgehead atoms. The van der Waals surface area contributed by atoms with E-state index in [1.165, 1.54) is 45.4 Å². The molecule has 2 saturated heterocycles. The number of anilines is 2. The quantitative estimate of drug-likeness (QED) is 0.0538. The van der Waals surface area contributed by atoms with Crippen LogP contribution in [0.25, 0.3) is 27.4 Å². The number of likely N-dealkylation sites (tertiary alicyclic amines) is 2. The summed E-state index contributed by atoms with van der Waals surface area (Å²) in [5, 5.41) is 35.2. The predicted molar refractivity (Wildman–Crippen MR) is 251 cm³/mol. The van der Waals surface area contributed by atoms with E-state index in [0.29, 0.717) is 62.6 Å². The monoisotopic (exact) mass is 1010 g/mol. The highest BCUT2D eigenvalue weighted by Gasteiger charge is 2.43. The van der Waals surface area contributed by atoms with Crippen molar-refractivity contribution in [3.63, 3.8) is 0 Å². The Hall–Kier alpha value is -5.52. The van der Waals surface area contributed by atoms with Crippen LogP contribution in [0.4, 0.5) is 38.0 Å². The van der Waals surface area contributed by atoms with E-state index in [0.717, 1.165) is 59.7 Å². The highest BCUT2D eigenvalue weighted by atomic mass is 32.1. The lowest BCUT2D eigenvalue weighted by molar-refractivity contribution is -0.583. The zero-order chi connectivity index (χ0) is 49.0. The van der Waals surface area contributed by atoms with Crippen molar-refractivity contribution >= 4 is 67.7 Å². The van der Waals surface area contributed by atoms with Crippen LogP contribution in [0.15, 0.2) is 78.1 Å². The fraction of sp³-hybridized carbons (Fsp3) is 0.458. The molecule has 4 aromatic heterocycles. The summed E-state index contributed by atoms with van der Waals surface area (Å²) < 4.78 is 86.1. The summed E-state index contributed by atoms with van der Waals surface area (Å²) in [6.07, 6.45) is 1.16. The Balaban J connectivity index is 0.836. The number of alkyl halides is 6. The minimum absolute atomic E-state index is 0.0599. The van der Waals surface area contributed by atoms with Gasteiger partial charge in [-0.15, -0.1) is 22.7 Å². The molecular weight excluding hydrogens is 959 g/mol. The Kier molecular flexibility index (Phi) is 13.0. The molecule has 10 rings (SSSR count). The summed E-state index contributed by atoms with van der Waals surface area (Å²) in [7, 11) is 0. The van der Waals surface area contributed by atoms with E-state index in [1.54, 1.807) is 35.7 Å². The van der Waals surface area contributed by atoms with Crippen LogP contribution in [0.1, 0.15) is 72.2 Å². The number of carbonyl (C=O) groups is 2. The van der Waals surface area contributed by atoms with Crippen molar-refractivity contribution in [1.29, 1.82) is 0 Å². The van der Waals surface area contributed by atoms with E-state index in [2.05, 4.69) is 46.0 Å². The van der Waals surface area contributed by atoms with E-state index < -0.39 is 46.5 Å². The molecule has 6 N–H and O–H groups in total. The number of amides is 2. The molecule has 4 aliphatic rings. The topological polar surface area (TPSA) is 172 Å². The highest BCUT2D eigenvalue weighted by Crippen LogP contribution is 2.43. The molecule has 6 heterocycles. The summed E-state index contributed by atoms with van der Waals surface area (Å²) >= 11 is 2.88. The normalized spacial score (nSPS) is 24.0. The number of nitrogens with one attached hydrogen (secondary N) is 4. The van der Waals surface area contributed by atoms with Gasteiger partial charge in [0.1, 0.15) is 17.7 Å². The summed E-state index contributed by atoms with van der Waals surface area (Å²) in [5.41, 5.74) is -0.218. The van der Waals surface area contributed by atoms with Gasteiger partial charge in [0, 0.05) is 62.1 Å². The highest BCUT2D eigenvalue weighted by molar-refractivity contribution is 7.10.